The molecule has 0 bridgehead atoms. The third kappa shape index (κ3) is 9.13. The van der Waals surface area contributed by atoms with Crippen LogP contribution in [0.2, 0.25) is 0 Å². The highest BCUT2D eigenvalue weighted by Gasteiger charge is 2.16. The molecule has 0 unspecified atom stereocenters. The van der Waals surface area contributed by atoms with Gasteiger partial charge in [-0.2, -0.15) is 0 Å². The molecule has 0 aliphatic heterocycles. The van der Waals surface area contributed by atoms with Crippen LogP contribution < -0.4 is 4.72 Å². The first-order valence-corrected chi connectivity index (χ1v) is 13.8. The number of nitrogens with zero attached hydrogens (tertiary/aromatic N) is 2. The van der Waals surface area contributed by atoms with Crippen molar-refractivity contribution in [3.63, 3.8) is 0 Å². The maximum absolute atomic E-state index is 12.6. The van der Waals surface area contributed by atoms with Crippen molar-refractivity contribution in [2.24, 2.45) is 0 Å². The molecule has 2 aromatic rings. The summed E-state index contributed by atoms with van der Waals surface area (Å²) < 4.78 is 27.7. The number of unbranched alkanes of at least 4 members (excludes halogenated alkanes) is 9. The van der Waals surface area contributed by atoms with Gasteiger partial charge in [0, 0.05) is 6.42 Å². The van der Waals surface area contributed by atoms with Crippen LogP contribution in [-0.2, 0) is 22.9 Å². The van der Waals surface area contributed by atoms with E-state index >= 15 is 0 Å². The van der Waals surface area contributed by atoms with E-state index in [0.29, 0.717) is 5.13 Å². The third-order valence-corrected chi connectivity index (χ3v) is 7.62. The van der Waals surface area contributed by atoms with Crippen molar-refractivity contribution in [2.75, 3.05) is 4.72 Å². The number of hydrogen-bond donors (Lipinski definition) is 1. The Labute approximate surface area is 186 Å². The molecular weight excluding hydrogens is 414 g/mol. The molecule has 168 valence electrons. The molecule has 7 heteroatoms. The number of aryl methyl sites for hydroxylation is 2. The minimum Gasteiger partial charge on any atom is -0.253 e. The topological polar surface area (TPSA) is 72.0 Å². The quantitative estimate of drug-likeness (QED) is 0.286. The lowest BCUT2D eigenvalue weighted by Crippen LogP contribution is -2.12. The van der Waals surface area contributed by atoms with E-state index in [9.17, 15) is 8.42 Å². The molecule has 0 spiro atoms. The maximum atomic E-state index is 12.6. The third-order valence-electron chi connectivity index (χ3n) is 5.24. The van der Waals surface area contributed by atoms with Gasteiger partial charge >= 0.3 is 0 Å². The largest absolute Gasteiger partial charge is 0.263 e. The average molecular weight is 452 g/mol. The van der Waals surface area contributed by atoms with Crippen LogP contribution in [-0.4, -0.2) is 18.6 Å². The zero-order valence-electron chi connectivity index (χ0n) is 18.5. The number of aromatic nitrogens is 2. The Morgan fingerprint density at radius 1 is 0.767 bits per heavy atom. The number of benzene rings is 1. The first-order chi connectivity index (χ1) is 14.5. The van der Waals surface area contributed by atoms with E-state index in [-0.39, 0.29) is 4.90 Å². The summed E-state index contributed by atoms with van der Waals surface area (Å²) in [6.45, 7) is 4.37. The predicted octanol–water partition coefficient (Wildman–Crippen LogP) is 6.75. The van der Waals surface area contributed by atoms with Crippen molar-refractivity contribution in [3.05, 3.63) is 34.8 Å². The lowest BCUT2D eigenvalue weighted by atomic mass is 10.0. The van der Waals surface area contributed by atoms with Crippen LogP contribution in [0.25, 0.3) is 0 Å². The van der Waals surface area contributed by atoms with Crippen molar-refractivity contribution < 1.29 is 8.42 Å². The summed E-state index contributed by atoms with van der Waals surface area (Å²) in [5.74, 6) is 0. The van der Waals surface area contributed by atoms with Gasteiger partial charge in [0.25, 0.3) is 10.0 Å². The van der Waals surface area contributed by atoms with E-state index in [4.69, 9.17) is 0 Å². The Balaban J connectivity index is 1.73. The standard InChI is InChI=1S/C23H37N3O2S2/c1-3-5-7-8-9-10-11-12-13-14-20-16-18-21(19-17-20)30(27,28)26-23-25-24-22(29-23)15-6-4-2/h16-19H,3-15H2,1-2H3,(H,25,26). The van der Waals surface area contributed by atoms with Crippen LogP contribution in [0.3, 0.4) is 0 Å². The second kappa shape index (κ2) is 13.8. The number of anilines is 1. The van der Waals surface area contributed by atoms with Gasteiger partial charge in [-0.3, -0.25) is 4.72 Å². The molecule has 0 saturated carbocycles. The molecule has 5 nitrogen and oxygen atoms in total. The van der Waals surface area contributed by atoms with Gasteiger partial charge in [0.1, 0.15) is 5.01 Å². The fourth-order valence-electron chi connectivity index (χ4n) is 3.37. The zero-order valence-corrected chi connectivity index (χ0v) is 20.2. The molecule has 0 aliphatic carbocycles. The first-order valence-electron chi connectivity index (χ1n) is 11.5. The summed E-state index contributed by atoms with van der Waals surface area (Å²) >= 11 is 1.31. The molecular formula is C23H37N3O2S2. The van der Waals surface area contributed by atoms with E-state index in [2.05, 4.69) is 28.8 Å². The van der Waals surface area contributed by atoms with E-state index in [1.165, 1.54) is 68.3 Å². The second-order valence-corrected chi connectivity index (χ2v) is 10.7. The molecule has 1 N–H and O–H groups in total. The Kier molecular flexibility index (Phi) is 11.4. The Hall–Kier alpha value is -1.47. The molecule has 30 heavy (non-hydrogen) atoms. The Morgan fingerprint density at radius 3 is 2.00 bits per heavy atom. The van der Waals surface area contributed by atoms with Crippen LogP contribution in [0.1, 0.15) is 95.0 Å². The zero-order chi connectivity index (χ0) is 21.7. The highest BCUT2D eigenvalue weighted by Crippen LogP contribution is 2.22. The van der Waals surface area contributed by atoms with E-state index in [1.807, 2.05) is 12.1 Å². The normalized spacial score (nSPS) is 11.7. The minimum atomic E-state index is -3.62. The van der Waals surface area contributed by atoms with Gasteiger partial charge < -0.3 is 0 Å². The fourth-order valence-corrected chi connectivity index (χ4v) is 5.38. The van der Waals surface area contributed by atoms with Gasteiger partial charge in [0.15, 0.2) is 0 Å². The van der Waals surface area contributed by atoms with Gasteiger partial charge in [0.2, 0.25) is 5.13 Å². The maximum Gasteiger partial charge on any atom is 0.263 e. The second-order valence-electron chi connectivity index (χ2n) is 7.93. The highest BCUT2D eigenvalue weighted by molar-refractivity contribution is 7.93. The fraction of sp³-hybridized carbons (Fsp3) is 0.652. The summed E-state index contributed by atoms with van der Waals surface area (Å²) in [7, 11) is -3.62. The van der Waals surface area contributed by atoms with Crippen molar-refractivity contribution in [1.82, 2.24) is 10.2 Å². The van der Waals surface area contributed by atoms with Crippen LogP contribution >= 0.6 is 11.3 Å². The van der Waals surface area contributed by atoms with E-state index < -0.39 is 10.0 Å². The lowest BCUT2D eigenvalue weighted by Gasteiger charge is -2.06. The minimum absolute atomic E-state index is 0.267. The van der Waals surface area contributed by atoms with Crippen LogP contribution in [0.15, 0.2) is 29.2 Å². The summed E-state index contributed by atoms with van der Waals surface area (Å²) in [5, 5.41) is 9.22. The number of nitrogens with one attached hydrogen (secondary N) is 1. The van der Waals surface area contributed by atoms with Crippen LogP contribution in [0.4, 0.5) is 5.13 Å². The molecule has 2 rings (SSSR count). The summed E-state index contributed by atoms with van der Waals surface area (Å²) in [4.78, 5) is 0.267. The molecule has 1 heterocycles. The smallest absolute Gasteiger partial charge is 0.253 e. The Bertz CT molecular complexity index is 817. The van der Waals surface area contributed by atoms with Gasteiger partial charge in [0.05, 0.1) is 4.90 Å². The molecule has 0 amide bonds. The summed E-state index contributed by atoms with van der Waals surface area (Å²) in [5.41, 5.74) is 1.19. The highest BCUT2D eigenvalue weighted by atomic mass is 32.2. The van der Waals surface area contributed by atoms with Crippen LogP contribution in [0, 0.1) is 0 Å². The number of hydrogen-bond acceptors (Lipinski definition) is 5. The van der Waals surface area contributed by atoms with Crippen molar-refractivity contribution in [3.8, 4) is 0 Å². The van der Waals surface area contributed by atoms with Crippen molar-refractivity contribution in [1.29, 1.82) is 0 Å². The molecule has 0 atom stereocenters. The van der Waals surface area contributed by atoms with Gasteiger partial charge in [-0.25, -0.2) is 8.42 Å². The SMILES string of the molecule is CCCCCCCCCCCc1ccc(S(=O)(=O)Nc2nnc(CCCC)s2)cc1. The van der Waals surface area contributed by atoms with Crippen LogP contribution in [0.5, 0.6) is 0 Å². The Morgan fingerprint density at radius 2 is 1.37 bits per heavy atom. The number of rotatable bonds is 16. The predicted molar refractivity (Wildman–Crippen MR) is 127 cm³/mol. The molecule has 1 aromatic carbocycles. The molecule has 0 aliphatic rings. The summed E-state index contributed by atoms with van der Waals surface area (Å²) in [6, 6.07) is 7.22. The van der Waals surface area contributed by atoms with Crippen molar-refractivity contribution >= 4 is 26.5 Å². The van der Waals surface area contributed by atoms with Gasteiger partial charge in [-0.15, -0.1) is 10.2 Å². The monoisotopic (exact) mass is 451 g/mol. The lowest BCUT2D eigenvalue weighted by molar-refractivity contribution is 0.565. The summed E-state index contributed by atoms with van der Waals surface area (Å²) in [6.07, 6.45) is 15.7. The number of sulfonamides is 1. The van der Waals surface area contributed by atoms with E-state index in [0.717, 1.165) is 37.1 Å². The average Bonchev–Trinajstić information content (AvgIpc) is 3.18. The molecule has 1 aromatic heterocycles. The molecule has 0 radical (unpaired) electrons. The first kappa shape index (κ1) is 24.8. The van der Waals surface area contributed by atoms with Gasteiger partial charge in [-0.05, 0) is 37.0 Å². The van der Waals surface area contributed by atoms with E-state index in [1.54, 1.807) is 12.1 Å². The molecule has 0 saturated heterocycles. The molecule has 0 fully saturated rings. The van der Waals surface area contributed by atoms with Gasteiger partial charge in [-0.1, -0.05) is 95.1 Å². The van der Waals surface area contributed by atoms with Crippen molar-refractivity contribution in [2.45, 2.75) is 102 Å².